The fraction of sp³-hybridized carbons (Fsp3) is 0.143. The predicted molar refractivity (Wildman–Crippen MR) is 77.6 cm³/mol. The largest absolute Gasteiger partial charge is 0.399 e. The van der Waals surface area contributed by atoms with Gasteiger partial charge in [-0.3, -0.25) is 4.31 Å². The van der Waals surface area contributed by atoms with Gasteiger partial charge in [-0.05, 0) is 36.8 Å². The first-order valence-corrected chi connectivity index (χ1v) is 7.37. The molecular weight excluding hydrogens is 279 g/mol. The Hall–Kier alpha value is -2.08. The van der Waals surface area contributed by atoms with Crippen molar-refractivity contribution in [3.8, 4) is 0 Å². The van der Waals surface area contributed by atoms with E-state index < -0.39 is 15.8 Å². The van der Waals surface area contributed by atoms with Gasteiger partial charge in [0.1, 0.15) is 5.82 Å². The van der Waals surface area contributed by atoms with Crippen LogP contribution in [0.2, 0.25) is 0 Å². The van der Waals surface area contributed by atoms with Gasteiger partial charge in [-0.2, -0.15) is 0 Å². The summed E-state index contributed by atoms with van der Waals surface area (Å²) in [6.07, 6.45) is 0. The Balaban J connectivity index is 2.52. The first-order chi connectivity index (χ1) is 9.32. The number of hydrogen-bond acceptors (Lipinski definition) is 3. The highest BCUT2D eigenvalue weighted by Gasteiger charge is 2.23. The summed E-state index contributed by atoms with van der Waals surface area (Å²) in [4.78, 5) is -0.166. The minimum Gasteiger partial charge on any atom is -0.399 e. The number of halogens is 1. The molecular formula is C14H15FN2O2S. The second kappa shape index (κ2) is 5.13. The van der Waals surface area contributed by atoms with Crippen LogP contribution in [0.1, 0.15) is 5.56 Å². The smallest absolute Gasteiger partial charge is 0.264 e. The minimum atomic E-state index is -3.85. The van der Waals surface area contributed by atoms with Crippen molar-refractivity contribution in [2.45, 2.75) is 11.8 Å². The van der Waals surface area contributed by atoms with Crippen LogP contribution in [-0.4, -0.2) is 15.5 Å². The van der Waals surface area contributed by atoms with Crippen molar-refractivity contribution >= 4 is 21.4 Å². The van der Waals surface area contributed by atoms with Crippen LogP contribution in [0.5, 0.6) is 0 Å². The lowest BCUT2D eigenvalue weighted by atomic mass is 10.2. The monoisotopic (exact) mass is 294 g/mol. The van der Waals surface area contributed by atoms with E-state index in [2.05, 4.69) is 0 Å². The Bertz CT molecular complexity index is 724. The average molecular weight is 294 g/mol. The highest BCUT2D eigenvalue weighted by molar-refractivity contribution is 7.92. The fourth-order valence-electron chi connectivity index (χ4n) is 1.94. The third-order valence-electron chi connectivity index (χ3n) is 3.01. The van der Waals surface area contributed by atoms with Crippen molar-refractivity contribution in [1.82, 2.24) is 0 Å². The minimum absolute atomic E-state index is 0.0711. The quantitative estimate of drug-likeness (QED) is 0.885. The molecule has 4 nitrogen and oxygen atoms in total. The molecule has 106 valence electrons. The Labute approximate surface area is 117 Å². The second-order valence-corrected chi connectivity index (χ2v) is 6.45. The summed E-state index contributed by atoms with van der Waals surface area (Å²) >= 11 is 0. The molecule has 0 saturated heterocycles. The van der Waals surface area contributed by atoms with Gasteiger partial charge >= 0.3 is 0 Å². The van der Waals surface area contributed by atoms with Gasteiger partial charge in [0.15, 0.2) is 0 Å². The van der Waals surface area contributed by atoms with Gasteiger partial charge in [0.25, 0.3) is 10.0 Å². The lowest BCUT2D eigenvalue weighted by Gasteiger charge is -2.21. The topological polar surface area (TPSA) is 63.4 Å². The zero-order chi connectivity index (χ0) is 14.9. The summed E-state index contributed by atoms with van der Waals surface area (Å²) in [7, 11) is -2.42. The summed E-state index contributed by atoms with van der Waals surface area (Å²) in [5.41, 5.74) is 6.92. The number of nitrogens with two attached hydrogens (primary N) is 1. The Kier molecular flexibility index (Phi) is 3.67. The lowest BCUT2D eigenvalue weighted by molar-refractivity contribution is 0.589. The van der Waals surface area contributed by atoms with Gasteiger partial charge in [-0.25, -0.2) is 12.8 Å². The first-order valence-electron chi connectivity index (χ1n) is 5.93. The summed E-state index contributed by atoms with van der Waals surface area (Å²) in [6.45, 7) is 1.81. The average Bonchev–Trinajstić information content (AvgIpc) is 2.37. The molecule has 6 heteroatoms. The van der Waals surface area contributed by atoms with Gasteiger partial charge in [0.2, 0.25) is 0 Å². The number of nitrogens with zero attached hydrogens (tertiary/aromatic N) is 1. The van der Waals surface area contributed by atoms with Crippen LogP contribution < -0.4 is 10.0 Å². The number of sulfonamides is 1. The molecule has 2 aromatic carbocycles. The van der Waals surface area contributed by atoms with E-state index in [4.69, 9.17) is 5.73 Å². The molecule has 0 fully saturated rings. The van der Waals surface area contributed by atoms with Crippen LogP contribution in [0.4, 0.5) is 15.8 Å². The van der Waals surface area contributed by atoms with Crippen LogP contribution in [0.15, 0.2) is 47.4 Å². The van der Waals surface area contributed by atoms with Gasteiger partial charge in [0, 0.05) is 12.7 Å². The number of nitrogen functional groups attached to an aromatic ring is 1. The first kappa shape index (κ1) is 14.3. The number of hydrogen-bond donors (Lipinski definition) is 1. The van der Waals surface area contributed by atoms with Crippen molar-refractivity contribution in [2.75, 3.05) is 17.1 Å². The highest BCUT2D eigenvalue weighted by atomic mass is 32.2. The Morgan fingerprint density at radius 3 is 2.40 bits per heavy atom. The number of anilines is 2. The summed E-state index contributed by atoms with van der Waals surface area (Å²) in [6, 6.07) is 10.3. The van der Waals surface area contributed by atoms with Crippen LogP contribution >= 0.6 is 0 Å². The van der Waals surface area contributed by atoms with E-state index in [1.807, 2.05) is 6.07 Å². The predicted octanol–water partition coefficient (Wildman–Crippen LogP) is 2.54. The molecule has 2 N–H and O–H groups in total. The molecule has 0 aliphatic heterocycles. The van der Waals surface area contributed by atoms with Crippen molar-refractivity contribution in [3.63, 3.8) is 0 Å². The Morgan fingerprint density at radius 1 is 1.15 bits per heavy atom. The SMILES string of the molecule is Cc1ccccc1N(C)S(=O)(=O)c1cc(N)cc(F)c1. The van der Waals surface area contributed by atoms with E-state index in [9.17, 15) is 12.8 Å². The zero-order valence-corrected chi connectivity index (χ0v) is 12.0. The summed E-state index contributed by atoms with van der Waals surface area (Å²) in [5, 5.41) is 0. The van der Waals surface area contributed by atoms with Crippen LogP contribution in [0, 0.1) is 12.7 Å². The molecule has 0 amide bonds. The highest BCUT2D eigenvalue weighted by Crippen LogP contribution is 2.26. The molecule has 0 saturated carbocycles. The molecule has 0 unspecified atom stereocenters. The van der Waals surface area contributed by atoms with Gasteiger partial charge in [-0.1, -0.05) is 18.2 Å². The summed E-state index contributed by atoms with van der Waals surface area (Å²) < 4.78 is 39.4. The molecule has 0 heterocycles. The van der Waals surface area contributed by atoms with E-state index in [1.165, 1.54) is 13.1 Å². The van der Waals surface area contributed by atoms with Gasteiger partial charge in [-0.15, -0.1) is 0 Å². The fourth-order valence-corrected chi connectivity index (χ4v) is 3.26. The maximum absolute atomic E-state index is 13.3. The van der Waals surface area contributed by atoms with Crippen molar-refractivity contribution in [2.24, 2.45) is 0 Å². The van der Waals surface area contributed by atoms with E-state index in [1.54, 1.807) is 25.1 Å². The van der Waals surface area contributed by atoms with Crippen LogP contribution in [0.3, 0.4) is 0 Å². The molecule has 0 radical (unpaired) electrons. The molecule has 20 heavy (non-hydrogen) atoms. The van der Waals surface area contributed by atoms with E-state index in [-0.39, 0.29) is 10.6 Å². The molecule has 0 atom stereocenters. The number of para-hydroxylation sites is 1. The van der Waals surface area contributed by atoms with Gasteiger partial charge in [0.05, 0.1) is 10.6 Å². The van der Waals surface area contributed by atoms with Crippen LogP contribution in [-0.2, 0) is 10.0 Å². The summed E-state index contributed by atoms with van der Waals surface area (Å²) in [5.74, 6) is -0.679. The zero-order valence-electron chi connectivity index (χ0n) is 11.2. The van der Waals surface area contributed by atoms with E-state index >= 15 is 0 Å². The van der Waals surface area contributed by atoms with E-state index in [0.29, 0.717) is 5.69 Å². The van der Waals surface area contributed by atoms with Crippen molar-refractivity contribution in [1.29, 1.82) is 0 Å². The van der Waals surface area contributed by atoms with Crippen molar-refractivity contribution in [3.05, 3.63) is 53.8 Å². The van der Waals surface area contributed by atoms with Gasteiger partial charge < -0.3 is 5.73 Å². The third kappa shape index (κ3) is 2.60. The Morgan fingerprint density at radius 2 is 1.80 bits per heavy atom. The normalized spacial score (nSPS) is 11.3. The maximum Gasteiger partial charge on any atom is 0.264 e. The van der Waals surface area contributed by atoms with Crippen molar-refractivity contribution < 1.29 is 12.8 Å². The second-order valence-electron chi connectivity index (χ2n) is 4.48. The molecule has 0 aromatic heterocycles. The molecule has 0 aliphatic carbocycles. The molecule has 2 aromatic rings. The van der Waals surface area contributed by atoms with E-state index in [0.717, 1.165) is 22.0 Å². The third-order valence-corrected chi connectivity index (χ3v) is 4.76. The number of benzene rings is 2. The van der Waals surface area contributed by atoms with Crippen LogP contribution in [0.25, 0.3) is 0 Å². The maximum atomic E-state index is 13.3. The molecule has 2 rings (SSSR count). The lowest BCUT2D eigenvalue weighted by Crippen LogP contribution is -2.27. The molecule has 0 aliphatic rings. The molecule has 0 spiro atoms. The standard InChI is InChI=1S/C14H15FN2O2S/c1-10-5-3-4-6-14(10)17(2)20(18,19)13-8-11(15)7-12(16)9-13/h3-9H,16H2,1-2H3. The number of aryl methyl sites for hydroxylation is 1. The number of rotatable bonds is 3. The molecule has 0 bridgehead atoms.